The molecule has 1 aromatic heterocycles. The summed E-state index contributed by atoms with van der Waals surface area (Å²) >= 11 is 0. The molecule has 0 saturated carbocycles. The summed E-state index contributed by atoms with van der Waals surface area (Å²) in [6.45, 7) is 3.93. The van der Waals surface area contributed by atoms with Crippen LogP contribution in [0.4, 0.5) is 0 Å². The highest BCUT2D eigenvalue weighted by atomic mass is 16.5. The lowest BCUT2D eigenvalue weighted by Crippen LogP contribution is -2.39. The average molecular weight is 238 g/mol. The maximum atomic E-state index is 5.78. The van der Waals surface area contributed by atoms with Gasteiger partial charge in [-0.05, 0) is 25.7 Å². The fourth-order valence-corrected chi connectivity index (χ4v) is 2.34. The molecule has 0 bridgehead atoms. The van der Waals surface area contributed by atoms with Crippen molar-refractivity contribution < 1.29 is 4.74 Å². The van der Waals surface area contributed by atoms with Crippen molar-refractivity contribution in [1.29, 1.82) is 0 Å². The molecular formula is C12H22N4O. The molecule has 3 N–H and O–H groups in total. The van der Waals surface area contributed by atoms with Crippen molar-refractivity contribution in [2.45, 2.75) is 51.3 Å². The molecule has 5 heteroatoms. The molecule has 5 nitrogen and oxygen atoms in total. The zero-order valence-corrected chi connectivity index (χ0v) is 10.4. The molecule has 0 aromatic carbocycles. The van der Waals surface area contributed by atoms with Gasteiger partial charge in [0.1, 0.15) is 0 Å². The van der Waals surface area contributed by atoms with E-state index >= 15 is 0 Å². The molecule has 2 atom stereocenters. The number of hydrogen-bond donors (Lipinski definition) is 2. The van der Waals surface area contributed by atoms with E-state index in [9.17, 15) is 0 Å². The number of nitrogens with two attached hydrogens (primary N) is 1. The molecule has 1 aromatic rings. The van der Waals surface area contributed by atoms with Crippen LogP contribution in [0.3, 0.4) is 0 Å². The zero-order valence-electron chi connectivity index (χ0n) is 10.4. The van der Waals surface area contributed by atoms with Gasteiger partial charge in [-0.15, -0.1) is 0 Å². The minimum absolute atomic E-state index is 0.0564. The lowest BCUT2D eigenvalue weighted by atomic mass is 9.98. The third-order valence-electron chi connectivity index (χ3n) is 3.23. The van der Waals surface area contributed by atoms with Gasteiger partial charge in [0.05, 0.1) is 18.3 Å². The normalized spacial score (nSPS) is 22.6. The van der Waals surface area contributed by atoms with Crippen LogP contribution in [0.2, 0.25) is 0 Å². The molecular weight excluding hydrogens is 216 g/mol. The Morgan fingerprint density at radius 2 is 2.53 bits per heavy atom. The fourth-order valence-electron chi connectivity index (χ4n) is 2.34. The van der Waals surface area contributed by atoms with Gasteiger partial charge in [0, 0.05) is 24.9 Å². The van der Waals surface area contributed by atoms with E-state index in [1.165, 1.54) is 6.42 Å². The molecule has 1 saturated heterocycles. The van der Waals surface area contributed by atoms with Gasteiger partial charge in [0.2, 0.25) is 0 Å². The second-order valence-electron chi connectivity index (χ2n) is 4.59. The molecule has 96 valence electrons. The third kappa shape index (κ3) is 3.06. The molecule has 17 heavy (non-hydrogen) atoms. The Labute approximate surface area is 102 Å². The third-order valence-corrected chi connectivity index (χ3v) is 3.23. The number of hydrazine groups is 1. The molecule has 2 unspecified atom stereocenters. The first-order chi connectivity index (χ1) is 8.35. The first-order valence-corrected chi connectivity index (χ1v) is 6.45. The summed E-state index contributed by atoms with van der Waals surface area (Å²) in [4.78, 5) is 0. The lowest BCUT2D eigenvalue weighted by molar-refractivity contribution is -0.00823. The van der Waals surface area contributed by atoms with E-state index in [1.807, 2.05) is 10.9 Å². The maximum absolute atomic E-state index is 5.78. The number of hydrogen-bond acceptors (Lipinski definition) is 4. The van der Waals surface area contributed by atoms with Gasteiger partial charge < -0.3 is 4.74 Å². The van der Waals surface area contributed by atoms with Crippen molar-refractivity contribution in [1.82, 2.24) is 15.2 Å². The zero-order chi connectivity index (χ0) is 12.1. The van der Waals surface area contributed by atoms with Crippen molar-refractivity contribution in [2.24, 2.45) is 5.84 Å². The van der Waals surface area contributed by atoms with Gasteiger partial charge in [-0.1, -0.05) is 6.92 Å². The molecule has 2 rings (SSSR count). The summed E-state index contributed by atoms with van der Waals surface area (Å²) in [5, 5.41) is 4.34. The fraction of sp³-hybridized carbons (Fsp3) is 0.750. The highest BCUT2D eigenvalue weighted by Gasteiger charge is 2.25. The summed E-state index contributed by atoms with van der Waals surface area (Å²) in [7, 11) is 0. The SMILES string of the molecule is CCCn1cc(C(NN)C2CCCCO2)cn1. The standard InChI is InChI=1S/C12H22N4O/c1-2-6-16-9-10(8-14-16)12(15-13)11-5-3-4-7-17-11/h8-9,11-12,15H,2-7,13H2,1H3. The van der Waals surface area contributed by atoms with E-state index in [0.717, 1.165) is 38.0 Å². The monoisotopic (exact) mass is 238 g/mol. The van der Waals surface area contributed by atoms with Gasteiger partial charge >= 0.3 is 0 Å². The van der Waals surface area contributed by atoms with E-state index in [4.69, 9.17) is 10.6 Å². The molecule has 0 radical (unpaired) electrons. The number of aromatic nitrogens is 2. The van der Waals surface area contributed by atoms with E-state index in [2.05, 4.69) is 23.6 Å². The Hall–Kier alpha value is -0.910. The molecule has 1 fully saturated rings. The van der Waals surface area contributed by atoms with Gasteiger partial charge in [0.25, 0.3) is 0 Å². The van der Waals surface area contributed by atoms with E-state index in [1.54, 1.807) is 0 Å². The quantitative estimate of drug-likeness (QED) is 0.600. The number of aryl methyl sites for hydroxylation is 1. The molecule has 0 amide bonds. The summed E-state index contributed by atoms with van der Waals surface area (Å²) in [5.41, 5.74) is 3.98. The topological polar surface area (TPSA) is 65.1 Å². The Balaban J connectivity index is 2.04. The highest BCUT2D eigenvalue weighted by Crippen LogP contribution is 2.25. The van der Waals surface area contributed by atoms with Gasteiger partial charge in [-0.2, -0.15) is 5.10 Å². The van der Waals surface area contributed by atoms with Gasteiger partial charge in [-0.3, -0.25) is 16.0 Å². The van der Waals surface area contributed by atoms with Crippen LogP contribution in [0.5, 0.6) is 0 Å². The van der Waals surface area contributed by atoms with E-state index in [-0.39, 0.29) is 12.1 Å². The molecule has 1 aliphatic rings. The predicted molar refractivity (Wildman–Crippen MR) is 66.2 cm³/mol. The van der Waals surface area contributed by atoms with Crippen molar-refractivity contribution in [3.8, 4) is 0 Å². The smallest absolute Gasteiger partial charge is 0.0783 e. The van der Waals surface area contributed by atoms with Gasteiger partial charge in [-0.25, -0.2) is 0 Å². The maximum Gasteiger partial charge on any atom is 0.0783 e. The Kier molecular flexibility index (Phi) is 4.53. The Bertz CT molecular complexity index is 333. The Morgan fingerprint density at radius 1 is 1.65 bits per heavy atom. The number of ether oxygens (including phenoxy) is 1. The largest absolute Gasteiger partial charge is 0.376 e. The van der Waals surface area contributed by atoms with Crippen molar-refractivity contribution in [2.75, 3.05) is 6.61 Å². The Morgan fingerprint density at radius 3 is 3.18 bits per heavy atom. The summed E-state index contributed by atoms with van der Waals surface area (Å²) in [5.74, 6) is 5.65. The first-order valence-electron chi connectivity index (χ1n) is 6.45. The minimum atomic E-state index is 0.0564. The van der Waals surface area contributed by atoms with Crippen LogP contribution in [-0.4, -0.2) is 22.5 Å². The number of nitrogens with zero attached hydrogens (tertiary/aromatic N) is 2. The lowest BCUT2D eigenvalue weighted by Gasteiger charge is -2.29. The predicted octanol–water partition coefficient (Wildman–Crippen LogP) is 1.37. The van der Waals surface area contributed by atoms with E-state index in [0.29, 0.717) is 0 Å². The summed E-state index contributed by atoms with van der Waals surface area (Å²) in [6.07, 6.45) is 8.64. The summed E-state index contributed by atoms with van der Waals surface area (Å²) < 4.78 is 7.74. The number of rotatable bonds is 5. The second kappa shape index (κ2) is 6.14. The average Bonchev–Trinajstić information content (AvgIpc) is 2.81. The van der Waals surface area contributed by atoms with Crippen LogP contribution in [0, 0.1) is 0 Å². The second-order valence-corrected chi connectivity index (χ2v) is 4.59. The minimum Gasteiger partial charge on any atom is -0.376 e. The molecule has 0 spiro atoms. The summed E-state index contributed by atoms with van der Waals surface area (Å²) in [6, 6.07) is 0.0564. The van der Waals surface area contributed by atoms with Crippen LogP contribution in [0.15, 0.2) is 12.4 Å². The van der Waals surface area contributed by atoms with Crippen LogP contribution >= 0.6 is 0 Å². The van der Waals surface area contributed by atoms with Crippen LogP contribution in [-0.2, 0) is 11.3 Å². The van der Waals surface area contributed by atoms with Gasteiger partial charge in [0.15, 0.2) is 0 Å². The molecule has 0 aliphatic carbocycles. The van der Waals surface area contributed by atoms with Crippen molar-refractivity contribution in [3.63, 3.8) is 0 Å². The van der Waals surface area contributed by atoms with E-state index < -0.39 is 0 Å². The van der Waals surface area contributed by atoms with Crippen LogP contribution in [0.1, 0.15) is 44.2 Å². The first kappa shape index (κ1) is 12.5. The highest BCUT2D eigenvalue weighted by molar-refractivity contribution is 5.12. The van der Waals surface area contributed by atoms with Crippen LogP contribution < -0.4 is 11.3 Å². The van der Waals surface area contributed by atoms with Crippen molar-refractivity contribution >= 4 is 0 Å². The molecule has 2 heterocycles. The molecule has 1 aliphatic heterocycles. The van der Waals surface area contributed by atoms with Crippen LogP contribution in [0.25, 0.3) is 0 Å². The number of nitrogens with one attached hydrogen (secondary N) is 1. The van der Waals surface area contributed by atoms with Crippen molar-refractivity contribution in [3.05, 3.63) is 18.0 Å².